The van der Waals surface area contributed by atoms with Gasteiger partial charge in [-0.05, 0) is 32.4 Å². The molecule has 0 fully saturated rings. The summed E-state index contributed by atoms with van der Waals surface area (Å²) in [5.41, 5.74) is -0.128. The molecule has 2 aromatic rings. The highest BCUT2D eigenvalue weighted by atomic mass is 32.2. The minimum absolute atomic E-state index is 0.0143. The number of nitrogens with one attached hydrogen (secondary N) is 2. The second kappa shape index (κ2) is 8.57. The molecule has 2 amide bonds. The third kappa shape index (κ3) is 5.20. The molecule has 0 heterocycles. The molecule has 0 spiro atoms. The van der Waals surface area contributed by atoms with Crippen molar-refractivity contribution in [2.24, 2.45) is 10.6 Å². The summed E-state index contributed by atoms with van der Waals surface area (Å²) in [6.45, 7) is 5.70. The molecular weight excluding hydrogens is 382 g/mol. The average molecular weight is 407 g/mol. The van der Waals surface area contributed by atoms with Crippen LogP contribution in [0.1, 0.15) is 27.2 Å². The van der Waals surface area contributed by atoms with Gasteiger partial charge in [0.15, 0.2) is 0 Å². The summed E-state index contributed by atoms with van der Waals surface area (Å²) < 4.78 is 28.6. The highest BCUT2D eigenvalue weighted by molar-refractivity contribution is 7.89. The van der Waals surface area contributed by atoms with Gasteiger partial charge in [-0.1, -0.05) is 31.2 Å². The summed E-state index contributed by atoms with van der Waals surface area (Å²) in [4.78, 5) is 24.0. The summed E-state index contributed by atoms with van der Waals surface area (Å²) in [6, 6.07) is 9.05. The topological polar surface area (TPSA) is 128 Å². The largest absolute Gasteiger partial charge is 0.463 e. The van der Waals surface area contributed by atoms with Crippen LogP contribution in [0.2, 0.25) is 0 Å². The van der Waals surface area contributed by atoms with Gasteiger partial charge in [-0.25, -0.2) is 18.4 Å². The first-order valence-electron chi connectivity index (χ1n) is 8.83. The van der Waals surface area contributed by atoms with Gasteiger partial charge >= 0.3 is 12.0 Å². The zero-order valence-electron chi connectivity index (χ0n) is 16.1. The number of hydrogen-bond acceptors (Lipinski definition) is 5. The van der Waals surface area contributed by atoms with Crippen LogP contribution >= 0.6 is 0 Å². The van der Waals surface area contributed by atoms with E-state index in [-0.39, 0.29) is 24.0 Å². The van der Waals surface area contributed by atoms with Crippen LogP contribution in [0.15, 0.2) is 41.3 Å². The highest BCUT2D eigenvalue weighted by Gasteiger charge is 2.26. The van der Waals surface area contributed by atoms with E-state index in [1.54, 1.807) is 38.1 Å². The smallest absolute Gasteiger partial charge is 0.319 e. The van der Waals surface area contributed by atoms with Crippen molar-refractivity contribution in [2.75, 3.05) is 18.5 Å². The molecule has 4 N–H and O–H groups in total. The van der Waals surface area contributed by atoms with E-state index in [0.29, 0.717) is 22.9 Å². The number of sulfonamides is 1. The second-order valence-corrected chi connectivity index (χ2v) is 8.49. The van der Waals surface area contributed by atoms with Gasteiger partial charge in [0.2, 0.25) is 10.0 Å². The Kier molecular flexibility index (Phi) is 6.63. The molecule has 8 nitrogen and oxygen atoms in total. The van der Waals surface area contributed by atoms with E-state index in [4.69, 9.17) is 9.88 Å². The van der Waals surface area contributed by atoms with Gasteiger partial charge in [-0.2, -0.15) is 0 Å². The molecular formula is C19H25N3O5S. The quantitative estimate of drug-likeness (QED) is 0.480. The number of esters is 1. The summed E-state index contributed by atoms with van der Waals surface area (Å²) in [7, 11) is -3.89. The van der Waals surface area contributed by atoms with Gasteiger partial charge in [0, 0.05) is 10.8 Å². The highest BCUT2D eigenvalue weighted by Crippen LogP contribution is 2.28. The lowest BCUT2D eigenvalue weighted by molar-refractivity contribution is -0.153. The number of hydrogen-bond donors (Lipinski definition) is 3. The summed E-state index contributed by atoms with van der Waals surface area (Å²) >= 11 is 0. The number of primary sulfonamides is 1. The van der Waals surface area contributed by atoms with Crippen molar-refractivity contribution in [3.8, 4) is 0 Å². The van der Waals surface area contributed by atoms with Crippen molar-refractivity contribution in [3.63, 3.8) is 0 Å². The fraction of sp³-hybridized carbons (Fsp3) is 0.368. The molecule has 0 radical (unpaired) electrons. The number of urea groups is 1. The molecule has 0 atom stereocenters. The Hall–Kier alpha value is -2.65. The lowest BCUT2D eigenvalue weighted by atomic mass is 9.91. The predicted octanol–water partition coefficient (Wildman–Crippen LogP) is 2.59. The molecule has 0 saturated carbocycles. The Morgan fingerprint density at radius 2 is 1.75 bits per heavy atom. The molecule has 9 heteroatoms. The van der Waals surface area contributed by atoms with Crippen LogP contribution < -0.4 is 15.8 Å². The van der Waals surface area contributed by atoms with Crippen LogP contribution in [0.4, 0.5) is 10.5 Å². The fourth-order valence-corrected chi connectivity index (χ4v) is 3.19. The molecule has 0 aromatic heterocycles. The van der Waals surface area contributed by atoms with Gasteiger partial charge in [0.05, 0.1) is 22.5 Å². The molecule has 0 saturated heterocycles. The maximum atomic E-state index is 12.1. The number of ether oxygens (including phenoxy) is 1. The number of amides is 2. The van der Waals surface area contributed by atoms with Gasteiger partial charge < -0.3 is 15.4 Å². The Morgan fingerprint density at radius 1 is 1.11 bits per heavy atom. The van der Waals surface area contributed by atoms with Crippen molar-refractivity contribution in [2.45, 2.75) is 32.1 Å². The van der Waals surface area contributed by atoms with Gasteiger partial charge in [-0.3, -0.25) is 4.79 Å². The third-order valence-electron chi connectivity index (χ3n) is 4.50. The van der Waals surface area contributed by atoms with Crippen molar-refractivity contribution in [3.05, 3.63) is 36.4 Å². The maximum Gasteiger partial charge on any atom is 0.319 e. The Labute approximate surface area is 164 Å². The number of fused-ring (bicyclic) bond motifs is 1. The monoisotopic (exact) mass is 407 g/mol. The van der Waals surface area contributed by atoms with Crippen LogP contribution in [0.3, 0.4) is 0 Å². The molecule has 0 aliphatic rings. The van der Waals surface area contributed by atoms with Crippen LogP contribution in [0, 0.1) is 5.41 Å². The molecule has 2 aromatic carbocycles. The first kappa shape index (κ1) is 21.6. The normalized spacial score (nSPS) is 11.9. The number of anilines is 1. The third-order valence-corrected chi connectivity index (χ3v) is 5.47. The SMILES string of the molecule is CCC(C)(C)C(=O)OCCNC(=O)Nc1ccc(S(N)(=O)=O)c2ccccc12. The predicted molar refractivity (Wildman–Crippen MR) is 107 cm³/mol. The zero-order chi connectivity index (χ0) is 20.9. The van der Waals surface area contributed by atoms with Crippen LogP contribution in [0.25, 0.3) is 10.8 Å². The molecule has 152 valence electrons. The standard InChI is InChI=1S/C19H25N3O5S/c1-4-19(2,3)17(23)27-12-11-21-18(24)22-15-9-10-16(28(20,25)26)14-8-6-5-7-13(14)15/h5-10H,4,11-12H2,1-3H3,(H2,20,25,26)(H2,21,22,24). The van der Waals surface area contributed by atoms with E-state index in [9.17, 15) is 18.0 Å². The van der Waals surface area contributed by atoms with Crippen LogP contribution in [-0.4, -0.2) is 33.6 Å². The number of benzene rings is 2. The Morgan fingerprint density at radius 3 is 2.36 bits per heavy atom. The van der Waals surface area contributed by atoms with E-state index in [1.165, 1.54) is 12.1 Å². The average Bonchev–Trinajstić information content (AvgIpc) is 2.64. The zero-order valence-corrected chi connectivity index (χ0v) is 16.9. The van der Waals surface area contributed by atoms with E-state index >= 15 is 0 Å². The van der Waals surface area contributed by atoms with Gasteiger partial charge in [0.1, 0.15) is 6.61 Å². The van der Waals surface area contributed by atoms with Crippen molar-refractivity contribution in [1.29, 1.82) is 0 Å². The van der Waals surface area contributed by atoms with E-state index in [1.807, 2.05) is 6.92 Å². The first-order chi connectivity index (χ1) is 13.1. The van der Waals surface area contributed by atoms with Crippen LogP contribution in [-0.2, 0) is 19.6 Å². The Balaban J connectivity index is 2.02. The lowest BCUT2D eigenvalue weighted by Crippen LogP contribution is -2.34. The maximum absolute atomic E-state index is 12.1. The van der Waals surface area contributed by atoms with Crippen molar-refractivity contribution in [1.82, 2.24) is 5.32 Å². The van der Waals surface area contributed by atoms with E-state index in [0.717, 1.165) is 0 Å². The summed E-state index contributed by atoms with van der Waals surface area (Å²) in [5.74, 6) is -0.318. The lowest BCUT2D eigenvalue weighted by Gasteiger charge is -2.20. The molecule has 0 aliphatic carbocycles. The molecule has 0 unspecified atom stereocenters. The minimum Gasteiger partial charge on any atom is -0.463 e. The van der Waals surface area contributed by atoms with Crippen LogP contribution in [0.5, 0.6) is 0 Å². The molecule has 2 rings (SSSR count). The minimum atomic E-state index is -3.89. The molecule has 0 aliphatic heterocycles. The van der Waals surface area contributed by atoms with Gasteiger partial charge in [-0.15, -0.1) is 0 Å². The number of carbonyl (C=O) groups excluding carboxylic acids is 2. The number of carbonyl (C=O) groups is 2. The Bertz CT molecular complexity index is 986. The molecule has 28 heavy (non-hydrogen) atoms. The summed E-state index contributed by atoms with van der Waals surface area (Å²) in [5, 5.41) is 11.5. The van der Waals surface area contributed by atoms with Crippen molar-refractivity contribution < 1.29 is 22.7 Å². The van der Waals surface area contributed by atoms with Gasteiger partial charge in [0.25, 0.3) is 0 Å². The fourth-order valence-electron chi connectivity index (χ4n) is 2.44. The molecule has 0 bridgehead atoms. The van der Waals surface area contributed by atoms with E-state index in [2.05, 4.69) is 10.6 Å². The van der Waals surface area contributed by atoms with E-state index < -0.39 is 21.5 Å². The number of nitrogens with two attached hydrogens (primary N) is 1. The van der Waals surface area contributed by atoms with Crippen molar-refractivity contribution >= 4 is 38.5 Å². The number of rotatable bonds is 7. The second-order valence-electron chi connectivity index (χ2n) is 6.96. The summed E-state index contributed by atoms with van der Waals surface area (Å²) in [6.07, 6.45) is 0.654. The first-order valence-corrected chi connectivity index (χ1v) is 10.4.